The van der Waals surface area contributed by atoms with Gasteiger partial charge >= 0.3 is 0 Å². The molecule has 1 aliphatic rings. The van der Waals surface area contributed by atoms with E-state index in [1.54, 1.807) is 12.1 Å². The molecule has 0 amide bonds. The second-order valence-corrected chi connectivity index (χ2v) is 7.21. The first kappa shape index (κ1) is 15.3. The molecule has 2 rings (SSSR count). The maximum atomic E-state index is 11.7. The number of hydrogen-bond donors (Lipinski definition) is 2. The highest BCUT2D eigenvalue weighted by atomic mass is 32.2. The third kappa shape index (κ3) is 3.13. The van der Waals surface area contributed by atoms with E-state index in [-0.39, 0.29) is 10.9 Å². The molecule has 1 saturated carbocycles. The number of anilines is 1. The number of likely N-dealkylation sites (N-methyl/N-ethyl adjacent to an activating group) is 1. The van der Waals surface area contributed by atoms with Crippen molar-refractivity contribution in [1.29, 1.82) is 0 Å². The van der Waals surface area contributed by atoms with Gasteiger partial charge in [-0.05, 0) is 44.2 Å². The number of rotatable bonds is 4. The largest absolute Gasteiger partial charge is 0.370 e. The van der Waals surface area contributed by atoms with Gasteiger partial charge in [-0.2, -0.15) is 0 Å². The zero-order valence-electron chi connectivity index (χ0n) is 12.0. The number of hydrogen-bond acceptors (Lipinski definition) is 4. The third-order valence-electron chi connectivity index (χ3n) is 4.10. The summed E-state index contributed by atoms with van der Waals surface area (Å²) in [5.41, 5.74) is 7.19. The lowest BCUT2D eigenvalue weighted by atomic mass is 9.90. The number of sulfonamides is 1. The summed E-state index contributed by atoms with van der Waals surface area (Å²) < 4.78 is 25.7. The van der Waals surface area contributed by atoms with Gasteiger partial charge in [-0.25, -0.2) is 13.1 Å². The van der Waals surface area contributed by atoms with Gasteiger partial charge in [-0.1, -0.05) is 12.8 Å². The molecule has 6 heteroatoms. The Labute approximate surface area is 121 Å². The highest BCUT2D eigenvalue weighted by molar-refractivity contribution is 7.89. The molecular formula is C14H23N3O2S. The number of nitrogens with one attached hydrogen (secondary N) is 1. The first-order valence-corrected chi connectivity index (χ1v) is 8.46. The highest BCUT2D eigenvalue weighted by Gasteiger charge is 2.25. The van der Waals surface area contributed by atoms with Crippen LogP contribution in [0.15, 0.2) is 29.2 Å². The molecule has 1 aromatic carbocycles. The maximum absolute atomic E-state index is 11.7. The van der Waals surface area contributed by atoms with Crippen LogP contribution >= 0.6 is 0 Å². The molecule has 2 atom stereocenters. The number of nitrogens with two attached hydrogens (primary N) is 1. The summed E-state index contributed by atoms with van der Waals surface area (Å²) in [7, 11) is 0.0688. The Balaban J connectivity index is 2.17. The Hall–Kier alpha value is -1.11. The number of benzene rings is 1. The molecule has 1 aliphatic carbocycles. The molecular weight excluding hydrogens is 274 g/mol. The van der Waals surface area contributed by atoms with Crippen molar-refractivity contribution in [3.05, 3.63) is 24.3 Å². The average Bonchev–Trinajstić information content (AvgIpc) is 2.47. The van der Waals surface area contributed by atoms with Crippen LogP contribution in [-0.4, -0.2) is 34.6 Å². The molecule has 20 heavy (non-hydrogen) atoms. The van der Waals surface area contributed by atoms with E-state index >= 15 is 0 Å². The third-order valence-corrected chi connectivity index (χ3v) is 5.53. The molecule has 0 spiro atoms. The summed E-state index contributed by atoms with van der Waals surface area (Å²) >= 11 is 0. The van der Waals surface area contributed by atoms with Gasteiger partial charge in [0.15, 0.2) is 0 Å². The zero-order valence-corrected chi connectivity index (χ0v) is 12.9. The van der Waals surface area contributed by atoms with E-state index in [1.807, 2.05) is 19.2 Å². The predicted molar refractivity (Wildman–Crippen MR) is 81.3 cm³/mol. The van der Waals surface area contributed by atoms with Gasteiger partial charge in [-0.3, -0.25) is 0 Å². The van der Waals surface area contributed by atoms with Gasteiger partial charge < -0.3 is 10.6 Å². The summed E-state index contributed by atoms with van der Waals surface area (Å²) in [6.07, 6.45) is 4.55. The van der Waals surface area contributed by atoms with Crippen LogP contribution in [0.25, 0.3) is 0 Å². The molecule has 3 N–H and O–H groups in total. The fraction of sp³-hybridized carbons (Fsp3) is 0.571. The van der Waals surface area contributed by atoms with Crippen molar-refractivity contribution in [2.75, 3.05) is 19.0 Å². The molecule has 1 aromatic rings. The molecule has 1 fully saturated rings. The van der Waals surface area contributed by atoms with Gasteiger partial charge in [0.1, 0.15) is 0 Å². The molecule has 0 heterocycles. The molecule has 0 bridgehead atoms. The van der Waals surface area contributed by atoms with E-state index in [2.05, 4.69) is 9.62 Å². The first-order chi connectivity index (χ1) is 9.45. The van der Waals surface area contributed by atoms with E-state index < -0.39 is 10.0 Å². The highest BCUT2D eigenvalue weighted by Crippen LogP contribution is 2.26. The number of nitrogens with zero attached hydrogens (tertiary/aromatic N) is 1. The molecule has 0 saturated heterocycles. The zero-order chi connectivity index (χ0) is 14.8. The van der Waals surface area contributed by atoms with E-state index in [9.17, 15) is 8.42 Å². The van der Waals surface area contributed by atoms with Gasteiger partial charge in [0.05, 0.1) is 4.90 Å². The van der Waals surface area contributed by atoms with Crippen LogP contribution in [0.2, 0.25) is 0 Å². The van der Waals surface area contributed by atoms with Crippen LogP contribution in [0.1, 0.15) is 25.7 Å². The summed E-state index contributed by atoms with van der Waals surface area (Å²) in [5.74, 6) is 0. The second-order valence-electron chi connectivity index (χ2n) is 5.33. The Kier molecular flexibility index (Phi) is 4.67. The van der Waals surface area contributed by atoms with Crippen molar-refractivity contribution in [3.8, 4) is 0 Å². The van der Waals surface area contributed by atoms with Gasteiger partial charge in [-0.15, -0.1) is 0 Å². The lowest BCUT2D eigenvalue weighted by molar-refractivity contribution is 0.373. The lowest BCUT2D eigenvalue weighted by Gasteiger charge is -2.37. The standard InChI is InChI=1S/C14H23N3O2S/c1-16-20(18,19)12-9-7-11(8-10-12)17(2)14-6-4-3-5-13(14)15/h7-10,13-14,16H,3-6,15H2,1-2H3. The summed E-state index contributed by atoms with van der Waals surface area (Å²) in [5, 5.41) is 0. The molecule has 5 nitrogen and oxygen atoms in total. The SMILES string of the molecule is CNS(=O)(=O)c1ccc(N(C)C2CCCCC2N)cc1. The smallest absolute Gasteiger partial charge is 0.240 e. The summed E-state index contributed by atoms with van der Waals surface area (Å²) in [4.78, 5) is 2.45. The van der Waals surface area contributed by atoms with Crippen LogP contribution in [0.3, 0.4) is 0 Å². The molecule has 0 radical (unpaired) electrons. The quantitative estimate of drug-likeness (QED) is 0.878. The molecule has 2 unspecified atom stereocenters. The molecule has 112 valence electrons. The molecule has 0 aliphatic heterocycles. The van der Waals surface area contributed by atoms with Gasteiger partial charge in [0.25, 0.3) is 0 Å². The predicted octanol–water partition coefficient (Wildman–Crippen LogP) is 1.30. The van der Waals surface area contributed by atoms with Gasteiger partial charge in [0, 0.05) is 24.8 Å². The van der Waals surface area contributed by atoms with E-state index in [0.717, 1.165) is 18.5 Å². The van der Waals surface area contributed by atoms with Crippen molar-refractivity contribution in [1.82, 2.24) is 4.72 Å². The minimum Gasteiger partial charge on any atom is -0.370 e. The van der Waals surface area contributed by atoms with Crippen molar-refractivity contribution in [3.63, 3.8) is 0 Å². The fourth-order valence-corrected chi connectivity index (χ4v) is 3.52. The first-order valence-electron chi connectivity index (χ1n) is 6.98. The van der Waals surface area contributed by atoms with E-state index in [1.165, 1.54) is 19.9 Å². The minimum absolute atomic E-state index is 0.189. The van der Waals surface area contributed by atoms with Crippen molar-refractivity contribution < 1.29 is 8.42 Å². The summed E-state index contributed by atoms with van der Waals surface area (Å²) in [6.45, 7) is 0. The Morgan fingerprint density at radius 2 is 1.80 bits per heavy atom. The van der Waals surface area contributed by atoms with E-state index in [0.29, 0.717) is 6.04 Å². The monoisotopic (exact) mass is 297 g/mol. The lowest BCUT2D eigenvalue weighted by Crippen LogP contribution is -2.48. The van der Waals surface area contributed by atoms with Crippen LogP contribution < -0.4 is 15.4 Å². The maximum Gasteiger partial charge on any atom is 0.240 e. The topological polar surface area (TPSA) is 75.4 Å². The second kappa shape index (κ2) is 6.11. The van der Waals surface area contributed by atoms with Gasteiger partial charge in [0.2, 0.25) is 10.0 Å². The normalized spacial score (nSPS) is 23.6. The minimum atomic E-state index is -3.37. The Bertz CT molecular complexity index is 542. The fourth-order valence-electron chi connectivity index (χ4n) is 2.79. The average molecular weight is 297 g/mol. The van der Waals surface area contributed by atoms with Crippen molar-refractivity contribution in [2.45, 2.75) is 42.7 Å². The van der Waals surface area contributed by atoms with Crippen molar-refractivity contribution in [2.24, 2.45) is 5.73 Å². The Morgan fingerprint density at radius 1 is 1.20 bits per heavy atom. The van der Waals surface area contributed by atoms with Crippen LogP contribution in [-0.2, 0) is 10.0 Å². The van der Waals surface area contributed by atoms with Crippen molar-refractivity contribution >= 4 is 15.7 Å². The van der Waals surface area contributed by atoms with E-state index in [4.69, 9.17) is 5.73 Å². The van der Waals surface area contributed by atoms with Crippen LogP contribution in [0.5, 0.6) is 0 Å². The molecule has 0 aromatic heterocycles. The van der Waals surface area contributed by atoms with Crippen LogP contribution in [0, 0.1) is 0 Å². The van der Waals surface area contributed by atoms with Crippen LogP contribution in [0.4, 0.5) is 5.69 Å². The summed E-state index contributed by atoms with van der Waals surface area (Å²) in [6, 6.07) is 7.46. The Morgan fingerprint density at radius 3 is 2.35 bits per heavy atom.